The van der Waals surface area contributed by atoms with E-state index in [2.05, 4.69) is 30.3 Å². The van der Waals surface area contributed by atoms with Crippen LogP contribution >= 0.6 is 0 Å². The SMILES string of the molecule is CC(C)(O)C(C)(C)OOc1cccc2cc(-c3ccccc3)ccc12. The minimum Gasteiger partial charge on any atom is -0.387 e. The highest BCUT2D eigenvalue weighted by molar-refractivity contribution is 5.91. The fraction of sp³-hybridized carbons (Fsp3) is 0.273. The molecule has 0 radical (unpaired) electrons. The fourth-order valence-corrected chi connectivity index (χ4v) is 2.39. The van der Waals surface area contributed by atoms with Gasteiger partial charge in [0, 0.05) is 5.39 Å². The van der Waals surface area contributed by atoms with Gasteiger partial charge in [-0.15, -0.1) is 0 Å². The summed E-state index contributed by atoms with van der Waals surface area (Å²) in [6.45, 7) is 6.99. The Bertz CT molecular complexity index is 861. The van der Waals surface area contributed by atoms with Crippen molar-refractivity contribution in [1.29, 1.82) is 0 Å². The third-order valence-corrected chi connectivity index (χ3v) is 4.76. The molecule has 0 aliphatic heterocycles. The van der Waals surface area contributed by atoms with Crippen LogP contribution in [0.25, 0.3) is 21.9 Å². The molecule has 0 atom stereocenters. The second kappa shape index (κ2) is 6.51. The van der Waals surface area contributed by atoms with E-state index in [-0.39, 0.29) is 0 Å². The molecule has 3 aromatic carbocycles. The highest BCUT2D eigenvalue weighted by Crippen LogP contribution is 2.32. The first-order valence-corrected chi connectivity index (χ1v) is 8.44. The average molecular weight is 336 g/mol. The van der Waals surface area contributed by atoms with Gasteiger partial charge in [0.05, 0.1) is 5.60 Å². The highest BCUT2D eigenvalue weighted by atomic mass is 17.2. The van der Waals surface area contributed by atoms with Gasteiger partial charge in [-0.3, -0.25) is 0 Å². The van der Waals surface area contributed by atoms with E-state index in [1.165, 1.54) is 5.56 Å². The summed E-state index contributed by atoms with van der Waals surface area (Å²) >= 11 is 0. The Hall–Kier alpha value is -2.36. The maximum Gasteiger partial charge on any atom is 0.173 e. The number of aliphatic hydroxyl groups is 1. The number of benzene rings is 3. The molecule has 25 heavy (non-hydrogen) atoms. The van der Waals surface area contributed by atoms with Gasteiger partial charge in [-0.1, -0.05) is 48.5 Å². The van der Waals surface area contributed by atoms with Gasteiger partial charge in [-0.2, -0.15) is 4.89 Å². The van der Waals surface area contributed by atoms with Gasteiger partial charge in [0.25, 0.3) is 0 Å². The van der Waals surface area contributed by atoms with Crippen molar-refractivity contribution in [2.24, 2.45) is 0 Å². The van der Waals surface area contributed by atoms with Crippen molar-refractivity contribution in [2.75, 3.05) is 0 Å². The highest BCUT2D eigenvalue weighted by Gasteiger charge is 2.38. The summed E-state index contributed by atoms with van der Waals surface area (Å²) < 4.78 is 0. The minimum atomic E-state index is -1.03. The summed E-state index contributed by atoms with van der Waals surface area (Å²) in [6, 6.07) is 22.4. The second-order valence-electron chi connectivity index (χ2n) is 7.29. The molecule has 3 heteroatoms. The lowest BCUT2D eigenvalue weighted by atomic mass is 9.90. The molecule has 3 aromatic rings. The molecule has 0 bridgehead atoms. The number of hydrogen-bond acceptors (Lipinski definition) is 3. The number of fused-ring (bicyclic) bond motifs is 1. The van der Waals surface area contributed by atoms with E-state index in [0.29, 0.717) is 5.75 Å². The Labute approximate surface area is 148 Å². The van der Waals surface area contributed by atoms with Gasteiger partial charge in [0.1, 0.15) is 5.60 Å². The maximum absolute atomic E-state index is 10.2. The largest absolute Gasteiger partial charge is 0.387 e. The monoisotopic (exact) mass is 336 g/mol. The Balaban J connectivity index is 1.91. The van der Waals surface area contributed by atoms with Crippen molar-refractivity contribution in [1.82, 2.24) is 0 Å². The third-order valence-electron chi connectivity index (χ3n) is 4.76. The van der Waals surface area contributed by atoms with Crippen LogP contribution in [-0.4, -0.2) is 16.3 Å². The van der Waals surface area contributed by atoms with E-state index in [1.807, 2.05) is 36.4 Å². The van der Waals surface area contributed by atoms with Crippen molar-refractivity contribution in [3.63, 3.8) is 0 Å². The van der Waals surface area contributed by atoms with Gasteiger partial charge < -0.3 is 9.99 Å². The molecule has 0 amide bonds. The molecule has 0 aliphatic rings. The lowest BCUT2D eigenvalue weighted by molar-refractivity contribution is -0.320. The average Bonchev–Trinajstić information content (AvgIpc) is 2.59. The maximum atomic E-state index is 10.2. The van der Waals surface area contributed by atoms with E-state index in [9.17, 15) is 5.11 Å². The summed E-state index contributed by atoms with van der Waals surface area (Å²) in [4.78, 5) is 11.1. The van der Waals surface area contributed by atoms with Crippen molar-refractivity contribution in [2.45, 2.75) is 38.9 Å². The molecular weight excluding hydrogens is 312 g/mol. The van der Waals surface area contributed by atoms with Crippen molar-refractivity contribution in [3.8, 4) is 16.9 Å². The van der Waals surface area contributed by atoms with E-state index in [0.717, 1.165) is 16.3 Å². The van der Waals surface area contributed by atoms with Gasteiger partial charge in [-0.25, -0.2) is 0 Å². The van der Waals surface area contributed by atoms with Gasteiger partial charge in [-0.05, 0) is 62.4 Å². The smallest absolute Gasteiger partial charge is 0.173 e. The standard InChI is InChI=1S/C22H24O3/c1-21(2,23)22(3,4)25-24-20-12-8-11-18-15-17(13-14-19(18)20)16-9-6-5-7-10-16/h5-15,23H,1-4H3. The van der Waals surface area contributed by atoms with Crippen molar-refractivity contribution >= 4 is 10.8 Å². The molecule has 1 N–H and O–H groups in total. The molecule has 0 fully saturated rings. The van der Waals surface area contributed by atoms with Crippen LogP contribution in [0.2, 0.25) is 0 Å². The normalized spacial score (nSPS) is 12.4. The zero-order chi connectivity index (χ0) is 18.1. The molecule has 0 saturated heterocycles. The van der Waals surface area contributed by atoms with Crippen LogP contribution < -0.4 is 4.89 Å². The molecule has 0 heterocycles. The van der Waals surface area contributed by atoms with Crippen LogP contribution in [-0.2, 0) is 4.89 Å². The molecule has 0 unspecified atom stereocenters. The first-order chi connectivity index (χ1) is 11.8. The number of hydrogen-bond donors (Lipinski definition) is 1. The van der Waals surface area contributed by atoms with E-state index >= 15 is 0 Å². The summed E-state index contributed by atoms with van der Waals surface area (Å²) in [6.07, 6.45) is 0. The molecule has 3 nitrogen and oxygen atoms in total. The molecule has 0 aliphatic carbocycles. The lowest BCUT2D eigenvalue weighted by Gasteiger charge is -2.35. The van der Waals surface area contributed by atoms with Crippen molar-refractivity contribution < 1.29 is 14.9 Å². The summed E-state index contributed by atoms with van der Waals surface area (Å²) in [5.74, 6) is 0.634. The first-order valence-electron chi connectivity index (χ1n) is 8.44. The zero-order valence-corrected chi connectivity index (χ0v) is 15.1. The molecule has 0 aromatic heterocycles. The first kappa shape index (κ1) is 17.5. The lowest BCUT2D eigenvalue weighted by Crippen LogP contribution is -2.47. The molecular formula is C22H24O3. The second-order valence-corrected chi connectivity index (χ2v) is 7.29. The Morgan fingerprint density at radius 1 is 0.760 bits per heavy atom. The third kappa shape index (κ3) is 3.68. The van der Waals surface area contributed by atoms with E-state index in [4.69, 9.17) is 9.78 Å². The predicted molar refractivity (Wildman–Crippen MR) is 101 cm³/mol. The zero-order valence-electron chi connectivity index (χ0n) is 15.1. The van der Waals surface area contributed by atoms with Gasteiger partial charge in [0.2, 0.25) is 0 Å². The van der Waals surface area contributed by atoms with Crippen LogP contribution in [0.5, 0.6) is 5.75 Å². The van der Waals surface area contributed by atoms with Gasteiger partial charge in [0.15, 0.2) is 5.75 Å². The van der Waals surface area contributed by atoms with Gasteiger partial charge >= 0.3 is 0 Å². The van der Waals surface area contributed by atoms with Crippen molar-refractivity contribution in [3.05, 3.63) is 66.7 Å². The fourth-order valence-electron chi connectivity index (χ4n) is 2.39. The summed E-state index contributed by atoms with van der Waals surface area (Å²) in [5.41, 5.74) is 0.454. The van der Waals surface area contributed by atoms with Crippen LogP contribution in [0.15, 0.2) is 66.7 Å². The van der Waals surface area contributed by atoms with E-state index < -0.39 is 11.2 Å². The summed E-state index contributed by atoms with van der Waals surface area (Å²) in [5, 5.41) is 12.2. The van der Waals surface area contributed by atoms with Crippen LogP contribution in [0.3, 0.4) is 0 Å². The Morgan fingerprint density at radius 2 is 1.48 bits per heavy atom. The van der Waals surface area contributed by atoms with Crippen LogP contribution in [0.1, 0.15) is 27.7 Å². The minimum absolute atomic E-state index is 0.634. The summed E-state index contributed by atoms with van der Waals surface area (Å²) in [7, 11) is 0. The molecule has 3 rings (SSSR count). The van der Waals surface area contributed by atoms with Crippen LogP contribution in [0, 0.1) is 0 Å². The number of rotatable bonds is 5. The van der Waals surface area contributed by atoms with E-state index in [1.54, 1.807) is 27.7 Å². The predicted octanol–water partition coefficient (Wildman–Crippen LogP) is 5.37. The molecule has 130 valence electrons. The Kier molecular flexibility index (Phi) is 4.55. The topological polar surface area (TPSA) is 38.7 Å². The molecule has 0 spiro atoms. The van der Waals surface area contributed by atoms with Crippen LogP contribution in [0.4, 0.5) is 0 Å². The Morgan fingerprint density at radius 3 is 2.16 bits per heavy atom. The molecule has 0 saturated carbocycles. The quantitative estimate of drug-likeness (QED) is 0.503.